The number of carboxylic acid groups (broad SMARTS) is 1. The number of carbonyl (C=O) groups is 2. The van der Waals surface area contributed by atoms with Crippen LogP contribution in [-0.4, -0.2) is 22.2 Å². The average molecular weight is 398 g/mol. The van der Waals surface area contributed by atoms with Gasteiger partial charge in [0, 0.05) is 0 Å². The van der Waals surface area contributed by atoms with Crippen LogP contribution in [0.25, 0.3) is 0 Å². The van der Waals surface area contributed by atoms with Crippen LogP contribution in [-0.2, 0) is 11.3 Å². The van der Waals surface area contributed by atoms with Gasteiger partial charge in [-0.3, -0.25) is 0 Å². The van der Waals surface area contributed by atoms with Gasteiger partial charge in [-0.15, -0.1) is 0 Å². The topological polar surface area (TPSA) is 83.8 Å². The minimum atomic E-state index is -1.18. The molecule has 0 atom stereocenters. The SMILES string of the molecule is O=C(O)c1cc(I)c(O)c(C(=O)OCc2ccccc2)c1. The first-order valence-electron chi connectivity index (χ1n) is 5.96. The van der Waals surface area contributed by atoms with Crippen LogP contribution in [0, 0.1) is 3.57 Å². The summed E-state index contributed by atoms with van der Waals surface area (Å²) in [6, 6.07) is 11.5. The molecule has 0 spiro atoms. The summed E-state index contributed by atoms with van der Waals surface area (Å²) in [6.45, 7) is 0.0486. The number of aromatic carboxylic acids is 1. The van der Waals surface area contributed by atoms with Crippen molar-refractivity contribution >= 4 is 34.5 Å². The maximum absolute atomic E-state index is 12.0. The zero-order chi connectivity index (χ0) is 15.4. The summed E-state index contributed by atoms with van der Waals surface area (Å²) in [7, 11) is 0. The number of ether oxygens (including phenoxy) is 1. The van der Waals surface area contributed by atoms with Crippen LogP contribution in [0.2, 0.25) is 0 Å². The summed E-state index contributed by atoms with van der Waals surface area (Å²) in [5.74, 6) is -2.22. The molecule has 0 aliphatic rings. The van der Waals surface area contributed by atoms with Gasteiger partial charge < -0.3 is 14.9 Å². The molecule has 2 rings (SSSR count). The van der Waals surface area contributed by atoms with E-state index in [2.05, 4.69) is 0 Å². The monoisotopic (exact) mass is 398 g/mol. The number of rotatable bonds is 4. The molecule has 0 bridgehead atoms. The fourth-order valence-electron chi connectivity index (χ4n) is 1.68. The lowest BCUT2D eigenvalue weighted by atomic mass is 10.1. The van der Waals surface area contributed by atoms with Gasteiger partial charge in [0.05, 0.1) is 9.13 Å². The van der Waals surface area contributed by atoms with E-state index in [4.69, 9.17) is 9.84 Å². The molecule has 2 aromatic carbocycles. The normalized spacial score (nSPS) is 10.1. The van der Waals surface area contributed by atoms with Crippen molar-refractivity contribution in [3.8, 4) is 5.75 Å². The molecule has 0 saturated heterocycles. The molecule has 5 nitrogen and oxygen atoms in total. The van der Waals surface area contributed by atoms with Crippen molar-refractivity contribution < 1.29 is 24.5 Å². The molecule has 0 aliphatic heterocycles. The Hall–Kier alpha value is -2.09. The van der Waals surface area contributed by atoms with Crippen molar-refractivity contribution in [2.45, 2.75) is 6.61 Å². The zero-order valence-corrected chi connectivity index (χ0v) is 12.9. The number of esters is 1. The number of phenolic OH excluding ortho intramolecular Hbond substituents is 1. The number of carbonyl (C=O) groups excluding carboxylic acids is 1. The number of carboxylic acids is 1. The standard InChI is InChI=1S/C15H11IO5/c16-12-7-10(14(18)19)6-11(13(12)17)15(20)21-8-9-4-2-1-3-5-9/h1-7,17H,8H2,(H,18,19). The minimum Gasteiger partial charge on any atom is -0.506 e. The lowest BCUT2D eigenvalue weighted by molar-refractivity contribution is 0.0469. The van der Waals surface area contributed by atoms with Gasteiger partial charge >= 0.3 is 11.9 Å². The molecule has 0 amide bonds. The van der Waals surface area contributed by atoms with Crippen LogP contribution in [0.5, 0.6) is 5.75 Å². The maximum Gasteiger partial charge on any atom is 0.342 e. The van der Waals surface area contributed by atoms with Gasteiger partial charge in [-0.1, -0.05) is 30.3 Å². The number of phenols is 1. The molecule has 0 heterocycles. The highest BCUT2D eigenvalue weighted by Gasteiger charge is 2.19. The fraction of sp³-hybridized carbons (Fsp3) is 0.0667. The molecule has 6 heteroatoms. The summed E-state index contributed by atoms with van der Waals surface area (Å²) < 4.78 is 5.37. The van der Waals surface area contributed by atoms with Gasteiger partial charge in [0.15, 0.2) is 0 Å². The zero-order valence-electron chi connectivity index (χ0n) is 10.7. The van der Waals surface area contributed by atoms with E-state index in [-0.39, 0.29) is 27.1 Å². The Bertz CT molecular complexity index is 682. The Labute approximate surface area is 134 Å². The predicted octanol–water partition coefficient (Wildman–Crippen LogP) is 3.05. The highest BCUT2D eigenvalue weighted by Crippen LogP contribution is 2.27. The van der Waals surface area contributed by atoms with E-state index in [0.717, 1.165) is 11.6 Å². The van der Waals surface area contributed by atoms with E-state index < -0.39 is 11.9 Å². The smallest absolute Gasteiger partial charge is 0.342 e. The van der Waals surface area contributed by atoms with E-state index in [1.54, 1.807) is 34.7 Å². The van der Waals surface area contributed by atoms with Crippen LogP contribution < -0.4 is 0 Å². The van der Waals surface area contributed by atoms with Crippen molar-refractivity contribution in [2.75, 3.05) is 0 Å². The Balaban J connectivity index is 2.21. The van der Waals surface area contributed by atoms with Crippen molar-refractivity contribution in [1.29, 1.82) is 0 Å². The Kier molecular flexibility index (Phi) is 4.79. The summed E-state index contributed by atoms with van der Waals surface area (Å²) in [5.41, 5.74) is 0.563. The molecule has 0 fully saturated rings. The quantitative estimate of drug-likeness (QED) is 0.611. The minimum absolute atomic E-state index is 0.0486. The second-order valence-corrected chi connectivity index (χ2v) is 5.38. The third kappa shape index (κ3) is 3.72. The van der Waals surface area contributed by atoms with Crippen LogP contribution in [0.3, 0.4) is 0 Å². The van der Waals surface area contributed by atoms with Crippen molar-refractivity contribution in [1.82, 2.24) is 0 Å². The maximum atomic E-state index is 12.0. The number of hydrogen-bond acceptors (Lipinski definition) is 4. The lowest BCUT2D eigenvalue weighted by Gasteiger charge is -2.09. The lowest BCUT2D eigenvalue weighted by Crippen LogP contribution is -2.08. The van der Waals surface area contributed by atoms with E-state index in [9.17, 15) is 14.7 Å². The van der Waals surface area contributed by atoms with Crippen molar-refractivity contribution in [2.24, 2.45) is 0 Å². The number of halogens is 1. The molecule has 0 aromatic heterocycles. The average Bonchev–Trinajstić information content (AvgIpc) is 2.48. The molecule has 0 aliphatic carbocycles. The van der Waals surface area contributed by atoms with Crippen molar-refractivity contribution in [3.05, 3.63) is 62.7 Å². The molecule has 108 valence electrons. The van der Waals surface area contributed by atoms with Crippen LogP contribution in [0.4, 0.5) is 0 Å². The van der Waals surface area contributed by atoms with Gasteiger partial charge in [-0.05, 0) is 40.3 Å². The van der Waals surface area contributed by atoms with E-state index in [1.165, 1.54) is 6.07 Å². The largest absolute Gasteiger partial charge is 0.506 e. The first-order valence-corrected chi connectivity index (χ1v) is 7.03. The van der Waals surface area contributed by atoms with Crippen LogP contribution >= 0.6 is 22.6 Å². The molecular formula is C15H11IO5. The van der Waals surface area contributed by atoms with Gasteiger partial charge in [0.2, 0.25) is 0 Å². The Morgan fingerprint density at radius 2 is 1.81 bits per heavy atom. The summed E-state index contributed by atoms with van der Waals surface area (Å²) in [5, 5.41) is 18.8. The molecule has 2 N–H and O–H groups in total. The van der Waals surface area contributed by atoms with Crippen molar-refractivity contribution in [3.63, 3.8) is 0 Å². The second kappa shape index (κ2) is 6.57. The van der Waals surface area contributed by atoms with E-state index in [0.29, 0.717) is 0 Å². The summed E-state index contributed by atoms with van der Waals surface area (Å²) >= 11 is 1.76. The number of benzene rings is 2. The number of aromatic hydroxyl groups is 1. The van der Waals surface area contributed by atoms with Gasteiger partial charge in [-0.2, -0.15) is 0 Å². The molecule has 0 saturated carbocycles. The highest BCUT2D eigenvalue weighted by molar-refractivity contribution is 14.1. The fourth-order valence-corrected chi connectivity index (χ4v) is 2.31. The van der Waals surface area contributed by atoms with Gasteiger partial charge in [-0.25, -0.2) is 9.59 Å². The van der Waals surface area contributed by atoms with Crippen LogP contribution in [0.1, 0.15) is 26.3 Å². The molecule has 0 unspecified atom stereocenters. The highest BCUT2D eigenvalue weighted by atomic mass is 127. The van der Waals surface area contributed by atoms with E-state index in [1.807, 2.05) is 18.2 Å². The second-order valence-electron chi connectivity index (χ2n) is 4.22. The number of hydrogen-bond donors (Lipinski definition) is 2. The third-order valence-electron chi connectivity index (χ3n) is 2.74. The molecular weight excluding hydrogens is 387 g/mol. The molecule has 2 aromatic rings. The molecule has 0 radical (unpaired) electrons. The first-order chi connectivity index (χ1) is 9.99. The van der Waals surface area contributed by atoms with E-state index >= 15 is 0 Å². The van der Waals surface area contributed by atoms with Crippen LogP contribution in [0.15, 0.2) is 42.5 Å². The first kappa shape index (κ1) is 15.3. The Morgan fingerprint density at radius 1 is 1.14 bits per heavy atom. The van der Waals surface area contributed by atoms with Gasteiger partial charge in [0.25, 0.3) is 0 Å². The molecule has 21 heavy (non-hydrogen) atoms. The summed E-state index contributed by atoms with van der Waals surface area (Å²) in [4.78, 5) is 23.0. The van der Waals surface area contributed by atoms with Gasteiger partial charge in [0.1, 0.15) is 17.9 Å². The summed E-state index contributed by atoms with van der Waals surface area (Å²) in [6.07, 6.45) is 0. The predicted molar refractivity (Wildman–Crippen MR) is 83.3 cm³/mol. The Morgan fingerprint density at radius 3 is 2.43 bits per heavy atom. The third-order valence-corrected chi connectivity index (χ3v) is 3.57.